The molecular weight excluding hydrogens is 490 g/mol. The molecular formula is C21H16Cl4O6. The van der Waals surface area contributed by atoms with Gasteiger partial charge in [-0.2, -0.15) is 0 Å². The summed E-state index contributed by atoms with van der Waals surface area (Å²) in [6, 6.07) is 8.27. The third-order valence-electron chi connectivity index (χ3n) is 4.06. The number of carbonyl (C=O) groups excluding carboxylic acids is 2. The van der Waals surface area contributed by atoms with E-state index < -0.39 is 28.1 Å². The zero-order valence-electron chi connectivity index (χ0n) is 16.2. The van der Waals surface area contributed by atoms with Gasteiger partial charge >= 0.3 is 0 Å². The van der Waals surface area contributed by atoms with E-state index in [-0.39, 0.29) is 33.1 Å². The Morgan fingerprint density at radius 3 is 1.42 bits per heavy atom. The number of ether oxygens (including phenoxy) is 2. The predicted molar refractivity (Wildman–Crippen MR) is 121 cm³/mol. The Hall–Kier alpha value is -2.38. The standard InChI is InChI=1S/C21H16Cl4O6/c1-30-16-7-10(3-5-12(16)26)18(22)20(24)14(28)9-15(29)21(25)19(23)11-4-6-13(27)17(8-11)31-2/h3-8,26-27H,9H2,1-2H3/b20-18+,21-19+. The van der Waals surface area contributed by atoms with Crippen LogP contribution in [0.5, 0.6) is 23.0 Å². The van der Waals surface area contributed by atoms with Crippen molar-refractivity contribution in [1.29, 1.82) is 0 Å². The third-order valence-corrected chi connectivity index (χ3v) is 5.87. The van der Waals surface area contributed by atoms with E-state index in [0.29, 0.717) is 11.1 Å². The van der Waals surface area contributed by atoms with Gasteiger partial charge in [0.2, 0.25) is 0 Å². The molecule has 6 nitrogen and oxygen atoms in total. The molecule has 0 heterocycles. The molecule has 0 aliphatic rings. The van der Waals surface area contributed by atoms with Crippen LogP contribution in [0.3, 0.4) is 0 Å². The molecule has 0 aliphatic carbocycles. The Morgan fingerprint density at radius 2 is 1.10 bits per heavy atom. The summed E-state index contributed by atoms with van der Waals surface area (Å²) >= 11 is 24.5. The van der Waals surface area contributed by atoms with Crippen molar-refractivity contribution in [2.45, 2.75) is 6.42 Å². The number of methoxy groups -OCH3 is 2. The second-order valence-corrected chi connectivity index (χ2v) is 7.56. The van der Waals surface area contributed by atoms with Crippen molar-refractivity contribution in [2.24, 2.45) is 0 Å². The van der Waals surface area contributed by atoms with E-state index in [2.05, 4.69) is 0 Å². The predicted octanol–water partition coefficient (Wildman–Crippen LogP) is 5.64. The van der Waals surface area contributed by atoms with Gasteiger partial charge in [0.15, 0.2) is 34.6 Å². The molecule has 0 fully saturated rings. The maximum absolute atomic E-state index is 12.4. The average Bonchev–Trinajstić information content (AvgIpc) is 2.77. The molecule has 2 rings (SSSR count). The summed E-state index contributed by atoms with van der Waals surface area (Å²) < 4.78 is 9.98. The second-order valence-electron chi connectivity index (χ2n) is 6.05. The summed E-state index contributed by atoms with van der Waals surface area (Å²) in [6.45, 7) is 0. The number of rotatable bonds is 8. The Balaban J connectivity index is 2.26. The normalized spacial score (nSPS) is 12.6. The summed E-state index contributed by atoms with van der Waals surface area (Å²) in [7, 11) is 2.70. The number of hydrogen-bond acceptors (Lipinski definition) is 6. The number of allylic oxidation sites excluding steroid dienone is 2. The summed E-state index contributed by atoms with van der Waals surface area (Å²) in [5.41, 5.74) is 0.607. The molecule has 2 aromatic carbocycles. The van der Waals surface area contributed by atoms with Gasteiger partial charge in [-0.25, -0.2) is 0 Å². The van der Waals surface area contributed by atoms with Crippen LogP contribution in [0.15, 0.2) is 46.5 Å². The third kappa shape index (κ3) is 5.86. The van der Waals surface area contributed by atoms with E-state index in [4.69, 9.17) is 55.9 Å². The van der Waals surface area contributed by atoms with Crippen LogP contribution in [0.1, 0.15) is 17.5 Å². The van der Waals surface area contributed by atoms with E-state index in [0.717, 1.165) is 0 Å². The van der Waals surface area contributed by atoms with Crippen LogP contribution < -0.4 is 9.47 Å². The smallest absolute Gasteiger partial charge is 0.183 e. The lowest BCUT2D eigenvalue weighted by atomic mass is 10.1. The summed E-state index contributed by atoms with van der Waals surface area (Å²) in [5, 5.41) is 18.3. The highest BCUT2D eigenvalue weighted by Crippen LogP contribution is 2.35. The second kappa shape index (κ2) is 10.8. The molecule has 0 bridgehead atoms. The Labute approximate surface area is 198 Å². The van der Waals surface area contributed by atoms with Gasteiger partial charge in [0.05, 0.1) is 30.7 Å². The van der Waals surface area contributed by atoms with Crippen molar-refractivity contribution in [3.05, 3.63) is 57.6 Å². The number of phenols is 2. The molecule has 0 saturated heterocycles. The molecule has 2 aromatic rings. The first-order valence-corrected chi connectivity index (χ1v) is 10.0. The van der Waals surface area contributed by atoms with E-state index in [1.165, 1.54) is 50.6 Å². The first-order chi connectivity index (χ1) is 14.6. The molecule has 2 N–H and O–H groups in total. The lowest BCUT2D eigenvalue weighted by Crippen LogP contribution is -2.09. The average molecular weight is 506 g/mol. The number of aromatic hydroxyl groups is 2. The Kier molecular flexibility index (Phi) is 8.65. The van der Waals surface area contributed by atoms with Crippen molar-refractivity contribution in [3.8, 4) is 23.0 Å². The minimum atomic E-state index is -0.783. The van der Waals surface area contributed by atoms with Gasteiger partial charge < -0.3 is 19.7 Å². The Bertz CT molecular complexity index is 1010. The van der Waals surface area contributed by atoms with Crippen LogP contribution in [-0.2, 0) is 9.59 Å². The number of halogens is 4. The first-order valence-electron chi connectivity index (χ1n) is 8.52. The minimum Gasteiger partial charge on any atom is -0.504 e. The van der Waals surface area contributed by atoms with Crippen LogP contribution in [0.25, 0.3) is 10.1 Å². The lowest BCUT2D eigenvalue weighted by Gasteiger charge is -2.09. The van der Waals surface area contributed by atoms with Gasteiger partial charge in [0.1, 0.15) is 10.1 Å². The summed E-state index contributed by atoms with van der Waals surface area (Å²) in [4.78, 5) is 24.9. The molecule has 0 saturated carbocycles. The zero-order chi connectivity index (χ0) is 23.3. The van der Waals surface area contributed by atoms with E-state index in [1.54, 1.807) is 0 Å². The van der Waals surface area contributed by atoms with Crippen LogP contribution in [-0.4, -0.2) is 36.0 Å². The molecule has 10 heteroatoms. The van der Waals surface area contributed by atoms with Crippen molar-refractivity contribution < 1.29 is 29.3 Å². The van der Waals surface area contributed by atoms with E-state index in [1.807, 2.05) is 0 Å². The number of hydrogen-bond donors (Lipinski definition) is 2. The highest BCUT2D eigenvalue weighted by Gasteiger charge is 2.22. The van der Waals surface area contributed by atoms with Gasteiger partial charge in [-0.15, -0.1) is 0 Å². The van der Waals surface area contributed by atoms with Crippen LogP contribution >= 0.6 is 46.4 Å². The monoisotopic (exact) mass is 504 g/mol. The summed E-state index contributed by atoms with van der Waals surface area (Å²) in [5.74, 6) is -1.54. The van der Waals surface area contributed by atoms with Crippen LogP contribution in [0.4, 0.5) is 0 Å². The van der Waals surface area contributed by atoms with E-state index in [9.17, 15) is 19.8 Å². The molecule has 164 valence electrons. The fraction of sp³-hybridized carbons (Fsp3) is 0.143. The van der Waals surface area contributed by atoms with E-state index >= 15 is 0 Å². The molecule has 0 aliphatic heterocycles. The molecule has 0 aromatic heterocycles. The number of ketones is 2. The van der Waals surface area contributed by atoms with Crippen molar-refractivity contribution in [3.63, 3.8) is 0 Å². The van der Waals surface area contributed by atoms with Gasteiger partial charge in [0, 0.05) is 0 Å². The summed E-state index contributed by atoms with van der Waals surface area (Å²) in [6.07, 6.45) is -0.686. The lowest BCUT2D eigenvalue weighted by molar-refractivity contribution is -0.122. The molecule has 0 radical (unpaired) electrons. The number of benzene rings is 2. The fourth-order valence-electron chi connectivity index (χ4n) is 2.43. The topological polar surface area (TPSA) is 93.1 Å². The number of phenolic OH excluding ortho intramolecular Hbond substituents is 2. The van der Waals surface area contributed by atoms with Crippen LogP contribution in [0, 0.1) is 0 Å². The van der Waals surface area contributed by atoms with Gasteiger partial charge in [-0.3, -0.25) is 9.59 Å². The Morgan fingerprint density at radius 1 is 0.742 bits per heavy atom. The SMILES string of the molecule is COc1cc(/C(Cl)=C(\Cl)C(=O)CC(=O)/C(Cl)=C(\Cl)c2ccc(O)c(OC)c2)ccc1O. The molecule has 0 unspecified atom stereocenters. The quantitative estimate of drug-likeness (QED) is 0.356. The zero-order valence-corrected chi connectivity index (χ0v) is 19.2. The van der Waals surface area contributed by atoms with Crippen molar-refractivity contribution in [1.82, 2.24) is 0 Å². The maximum Gasteiger partial charge on any atom is 0.183 e. The van der Waals surface area contributed by atoms with Gasteiger partial charge in [0.25, 0.3) is 0 Å². The first kappa shape index (κ1) is 24.9. The molecule has 0 atom stereocenters. The number of Topliss-reactive ketones (excluding diaryl/α,β-unsaturated/α-hetero) is 2. The van der Waals surface area contributed by atoms with Crippen molar-refractivity contribution >= 4 is 68.0 Å². The minimum absolute atomic E-state index is 0.120. The number of carbonyl (C=O) groups is 2. The highest BCUT2D eigenvalue weighted by molar-refractivity contribution is 6.62. The highest BCUT2D eigenvalue weighted by atomic mass is 35.5. The van der Waals surface area contributed by atoms with Crippen molar-refractivity contribution in [2.75, 3.05) is 14.2 Å². The fourth-order valence-corrected chi connectivity index (χ4v) is 3.23. The molecule has 0 spiro atoms. The molecule has 0 amide bonds. The molecule has 31 heavy (non-hydrogen) atoms. The largest absolute Gasteiger partial charge is 0.504 e. The maximum atomic E-state index is 12.4. The van der Waals surface area contributed by atoms with Gasteiger partial charge in [-0.05, 0) is 47.5 Å². The van der Waals surface area contributed by atoms with Gasteiger partial charge in [-0.1, -0.05) is 46.4 Å². The van der Waals surface area contributed by atoms with Crippen LogP contribution in [0.2, 0.25) is 0 Å².